The first-order valence-electron chi connectivity index (χ1n) is 9.94. The van der Waals surface area contributed by atoms with Gasteiger partial charge in [-0.05, 0) is 37.3 Å². The third-order valence-electron chi connectivity index (χ3n) is 4.11. The van der Waals surface area contributed by atoms with E-state index in [1.165, 1.54) is 24.3 Å². The molecule has 0 aliphatic heterocycles. The van der Waals surface area contributed by atoms with E-state index in [-0.39, 0.29) is 35.3 Å². The quantitative estimate of drug-likeness (QED) is 0.434. The van der Waals surface area contributed by atoms with Crippen molar-refractivity contribution in [2.45, 2.75) is 6.92 Å². The van der Waals surface area contributed by atoms with Gasteiger partial charge in [0.05, 0.1) is 18.4 Å². The van der Waals surface area contributed by atoms with Crippen LogP contribution in [0.2, 0.25) is 0 Å². The predicted molar refractivity (Wildman–Crippen MR) is 122 cm³/mol. The molecule has 0 unspecified atom stereocenters. The van der Waals surface area contributed by atoms with Crippen LogP contribution in [0.4, 0.5) is 11.6 Å². The molecule has 12 heteroatoms. The van der Waals surface area contributed by atoms with E-state index in [0.717, 1.165) is 6.26 Å². The number of oxazole rings is 1. The van der Waals surface area contributed by atoms with Crippen molar-refractivity contribution in [2.75, 3.05) is 29.5 Å². The summed E-state index contributed by atoms with van der Waals surface area (Å²) in [5.74, 6) is -2.61. The molecule has 1 aromatic heterocycles. The number of rotatable bonds is 9. The van der Waals surface area contributed by atoms with E-state index in [9.17, 15) is 22.8 Å². The zero-order valence-corrected chi connectivity index (χ0v) is 19.0. The third-order valence-corrected chi connectivity index (χ3v) is 4.71. The molecular formula is C22H21N3O8S. The summed E-state index contributed by atoms with van der Waals surface area (Å²) in [6.45, 7) is 1.01. The average Bonchev–Trinajstić information content (AvgIpc) is 3.21. The van der Waals surface area contributed by atoms with Gasteiger partial charge in [-0.25, -0.2) is 18.0 Å². The first-order chi connectivity index (χ1) is 16.2. The van der Waals surface area contributed by atoms with Gasteiger partial charge in [0.2, 0.25) is 27.5 Å². The number of amides is 1. The maximum absolute atomic E-state index is 12.4. The lowest BCUT2D eigenvalue weighted by molar-refractivity contribution is -0.119. The molecule has 0 saturated carbocycles. The van der Waals surface area contributed by atoms with Gasteiger partial charge in [-0.3, -0.25) is 14.8 Å². The van der Waals surface area contributed by atoms with Crippen LogP contribution in [0.15, 0.2) is 59.0 Å². The molecule has 178 valence electrons. The van der Waals surface area contributed by atoms with Gasteiger partial charge in [0.1, 0.15) is 0 Å². The van der Waals surface area contributed by atoms with Crippen LogP contribution in [-0.2, 0) is 24.3 Å². The van der Waals surface area contributed by atoms with Crippen molar-refractivity contribution in [2.24, 2.45) is 0 Å². The number of carbonyl (C=O) groups is 3. The van der Waals surface area contributed by atoms with Gasteiger partial charge in [0, 0.05) is 11.3 Å². The number of esters is 2. The summed E-state index contributed by atoms with van der Waals surface area (Å²) in [4.78, 5) is 41.0. The number of benzene rings is 2. The highest BCUT2D eigenvalue weighted by molar-refractivity contribution is 7.92. The number of ether oxygens (including phenoxy) is 2. The van der Waals surface area contributed by atoms with E-state index in [0.29, 0.717) is 5.56 Å². The van der Waals surface area contributed by atoms with Gasteiger partial charge in [-0.15, -0.1) is 0 Å². The van der Waals surface area contributed by atoms with Crippen LogP contribution in [0.3, 0.4) is 0 Å². The fraction of sp³-hybridized carbons (Fsp3) is 0.182. The Bertz CT molecular complexity index is 1300. The highest BCUT2D eigenvalue weighted by Crippen LogP contribution is 2.26. The predicted octanol–water partition coefficient (Wildman–Crippen LogP) is 2.69. The minimum absolute atomic E-state index is 0.0275. The monoisotopic (exact) mass is 487 g/mol. The Morgan fingerprint density at radius 3 is 2.41 bits per heavy atom. The summed E-state index contributed by atoms with van der Waals surface area (Å²) < 4.78 is 40.4. The van der Waals surface area contributed by atoms with Crippen LogP contribution in [0.1, 0.15) is 27.8 Å². The summed E-state index contributed by atoms with van der Waals surface area (Å²) in [6.07, 6.45) is 0.972. The fourth-order valence-electron chi connectivity index (χ4n) is 2.75. The van der Waals surface area contributed by atoms with Gasteiger partial charge < -0.3 is 13.9 Å². The lowest BCUT2D eigenvalue weighted by atomic mass is 10.2. The summed E-state index contributed by atoms with van der Waals surface area (Å²) in [5.41, 5.74) is 0.526. The Kier molecular flexibility index (Phi) is 7.64. The van der Waals surface area contributed by atoms with Gasteiger partial charge in [-0.2, -0.15) is 4.98 Å². The minimum atomic E-state index is -3.53. The molecule has 0 spiro atoms. The molecule has 2 N–H and O–H groups in total. The van der Waals surface area contributed by atoms with Crippen molar-refractivity contribution in [3.8, 4) is 11.5 Å². The first kappa shape index (κ1) is 24.5. The van der Waals surface area contributed by atoms with E-state index in [1.54, 1.807) is 37.3 Å². The normalized spacial score (nSPS) is 10.9. The number of hydrogen-bond acceptors (Lipinski definition) is 9. The Morgan fingerprint density at radius 2 is 1.74 bits per heavy atom. The molecule has 0 atom stereocenters. The summed E-state index contributed by atoms with van der Waals surface area (Å²) in [5, 5.41) is 2.35. The van der Waals surface area contributed by atoms with Crippen LogP contribution in [0.25, 0.3) is 11.5 Å². The topological polar surface area (TPSA) is 154 Å². The average molecular weight is 487 g/mol. The number of aromatic nitrogens is 1. The van der Waals surface area contributed by atoms with Crippen molar-refractivity contribution < 1.29 is 36.7 Å². The maximum atomic E-state index is 12.4. The van der Waals surface area contributed by atoms with Crippen molar-refractivity contribution in [3.63, 3.8) is 0 Å². The Hall–Kier alpha value is -4.19. The van der Waals surface area contributed by atoms with Gasteiger partial charge >= 0.3 is 11.9 Å². The second-order valence-corrected chi connectivity index (χ2v) is 8.61. The van der Waals surface area contributed by atoms with Gasteiger partial charge in [0.25, 0.3) is 5.91 Å². The lowest BCUT2D eigenvalue weighted by Crippen LogP contribution is -2.22. The van der Waals surface area contributed by atoms with E-state index in [2.05, 4.69) is 15.0 Å². The second-order valence-electron chi connectivity index (χ2n) is 6.86. The Balaban J connectivity index is 1.69. The van der Waals surface area contributed by atoms with Crippen LogP contribution in [-0.4, -0.2) is 50.7 Å². The number of anilines is 2. The molecule has 0 aliphatic rings. The standard InChI is InChI=1S/C22H21N3O8S/c1-3-31-22(28)18-20(33-19(24-18)14-8-5-4-6-9-14)23-17(26)13-32-21(27)15-10-7-11-16(12-15)25-34(2,29)30/h4-12,25H,3,13H2,1-2H3,(H,23,26). The number of nitrogens with zero attached hydrogens (tertiary/aromatic N) is 1. The molecule has 0 fully saturated rings. The van der Waals surface area contributed by atoms with Crippen LogP contribution in [0.5, 0.6) is 0 Å². The van der Waals surface area contributed by atoms with Crippen molar-refractivity contribution in [3.05, 3.63) is 65.9 Å². The largest absolute Gasteiger partial charge is 0.461 e. The van der Waals surface area contributed by atoms with Crippen LogP contribution < -0.4 is 10.0 Å². The van der Waals surface area contributed by atoms with E-state index in [4.69, 9.17) is 13.9 Å². The highest BCUT2D eigenvalue weighted by Gasteiger charge is 2.24. The lowest BCUT2D eigenvalue weighted by Gasteiger charge is -2.08. The molecule has 3 rings (SSSR count). The van der Waals surface area contributed by atoms with E-state index in [1.807, 2.05) is 0 Å². The molecule has 11 nitrogen and oxygen atoms in total. The molecule has 2 aromatic carbocycles. The number of carbonyl (C=O) groups excluding carboxylic acids is 3. The van der Waals surface area contributed by atoms with Gasteiger partial charge in [-0.1, -0.05) is 24.3 Å². The molecule has 1 amide bonds. The summed E-state index contributed by atoms with van der Waals surface area (Å²) in [6, 6.07) is 14.3. The van der Waals surface area contributed by atoms with Gasteiger partial charge in [0.15, 0.2) is 6.61 Å². The molecule has 0 radical (unpaired) electrons. The summed E-state index contributed by atoms with van der Waals surface area (Å²) in [7, 11) is -3.53. The van der Waals surface area contributed by atoms with Crippen molar-refractivity contribution in [1.82, 2.24) is 4.98 Å². The fourth-order valence-corrected chi connectivity index (χ4v) is 3.30. The number of sulfonamides is 1. The van der Waals surface area contributed by atoms with Crippen LogP contribution in [0, 0.1) is 0 Å². The zero-order valence-electron chi connectivity index (χ0n) is 18.2. The highest BCUT2D eigenvalue weighted by atomic mass is 32.2. The van der Waals surface area contributed by atoms with Crippen LogP contribution >= 0.6 is 0 Å². The van der Waals surface area contributed by atoms with E-state index >= 15 is 0 Å². The Labute approximate surface area is 195 Å². The second kappa shape index (κ2) is 10.6. The molecule has 0 bridgehead atoms. The molecule has 1 heterocycles. The molecular weight excluding hydrogens is 466 g/mol. The Morgan fingerprint density at radius 1 is 1.00 bits per heavy atom. The molecule has 0 saturated heterocycles. The number of hydrogen-bond donors (Lipinski definition) is 2. The first-order valence-corrected chi connectivity index (χ1v) is 11.8. The summed E-state index contributed by atoms with van der Waals surface area (Å²) >= 11 is 0. The van der Waals surface area contributed by atoms with Crippen molar-refractivity contribution >= 4 is 39.4 Å². The maximum Gasteiger partial charge on any atom is 0.362 e. The number of nitrogens with one attached hydrogen (secondary N) is 2. The minimum Gasteiger partial charge on any atom is -0.461 e. The van der Waals surface area contributed by atoms with Crippen molar-refractivity contribution in [1.29, 1.82) is 0 Å². The van der Waals surface area contributed by atoms with E-state index < -0.39 is 34.5 Å². The molecule has 0 aliphatic carbocycles. The molecule has 3 aromatic rings. The SMILES string of the molecule is CCOC(=O)c1nc(-c2ccccc2)oc1NC(=O)COC(=O)c1cccc(NS(C)(=O)=O)c1. The zero-order chi connectivity index (χ0) is 24.7. The smallest absolute Gasteiger partial charge is 0.362 e. The third kappa shape index (κ3) is 6.65. The molecule has 34 heavy (non-hydrogen) atoms.